The fraction of sp³-hybridized carbons (Fsp3) is 0.750. The third kappa shape index (κ3) is 0.593. The second-order valence-corrected chi connectivity index (χ2v) is 3.19. The van der Waals surface area contributed by atoms with Crippen molar-refractivity contribution < 1.29 is 4.74 Å². The van der Waals surface area contributed by atoms with Crippen LogP contribution in [0.1, 0.15) is 25.7 Å². The summed E-state index contributed by atoms with van der Waals surface area (Å²) < 4.78 is 5.23. The number of ether oxygens (including phenoxy) is 1. The first kappa shape index (κ1) is 6.64. The van der Waals surface area contributed by atoms with E-state index < -0.39 is 11.2 Å². The first-order valence-corrected chi connectivity index (χ1v) is 3.81. The van der Waals surface area contributed by atoms with E-state index in [1.807, 2.05) is 0 Å². The number of nitrogens with zero attached hydrogens (tertiary/aromatic N) is 2. The van der Waals surface area contributed by atoms with Crippen LogP contribution in [-0.2, 0) is 4.74 Å². The molecular weight excluding hydrogens is 140 g/mol. The van der Waals surface area contributed by atoms with Crippen molar-refractivity contribution in [2.45, 2.75) is 36.9 Å². The SMILES string of the molecule is N#CC12CCCCC1(C#N)O2. The number of rotatable bonds is 0. The van der Waals surface area contributed by atoms with Gasteiger partial charge in [-0.15, -0.1) is 0 Å². The lowest BCUT2D eigenvalue weighted by Crippen LogP contribution is -2.26. The van der Waals surface area contributed by atoms with Crippen molar-refractivity contribution in [3.8, 4) is 12.1 Å². The van der Waals surface area contributed by atoms with Gasteiger partial charge in [-0.1, -0.05) is 0 Å². The summed E-state index contributed by atoms with van der Waals surface area (Å²) in [6.07, 6.45) is 3.49. The summed E-state index contributed by atoms with van der Waals surface area (Å²) in [5.41, 5.74) is -1.44. The molecule has 1 saturated carbocycles. The minimum atomic E-state index is -0.722. The van der Waals surface area contributed by atoms with Gasteiger partial charge in [0.1, 0.15) is 12.1 Å². The fourth-order valence-electron chi connectivity index (χ4n) is 1.86. The minimum Gasteiger partial charge on any atom is -0.330 e. The topological polar surface area (TPSA) is 60.1 Å². The van der Waals surface area contributed by atoms with Gasteiger partial charge in [0, 0.05) is 0 Å². The van der Waals surface area contributed by atoms with Crippen LogP contribution in [0.2, 0.25) is 0 Å². The molecule has 2 atom stereocenters. The van der Waals surface area contributed by atoms with E-state index in [1.165, 1.54) is 0 Å². The van der Waals surface area contributed by atoms with Gasteiger partial charge in [-0.3, -0.25) is 0 Å². The van der Waals surface area contributed by atoms with Gasteiger partial charge < -0.3 is 4.74 Å². The molecule has 3 heteroatoms. The van der Waals surface area contributed by atoms with Crippen LogP contribution in [0.25, 0.3) is 0 Å². The second-order valence-electron chi connectivity index (χ2n) is 3.19. The van der Waals surface area contributed by atoms with Gasteiger partial charge in [-0.05, 0) is 25.7 Å². The molecule has 2 aliphatic rings. The van der Waals surface area contributed by atoms with Crippen LogP contribution >= 0.6 is 0 Å². The van der Waals surface area contributed by atoms with Gasteiger partial charge in [0.15, 0.2) is 11.2 Å². The molecule has 0 spiro atoms. The molecule has 56 valence electrons. The molecule has 0 N–H and O–H groups in total. The van der Waals surface area contributed by atoms with Gasteiger partial charge >= 0.3 is 0 Å². The van der Waals surface area contributed by atoms with Gasteiger partial charge in [0.25, 0.3) is 0 Å². The van der Waals surface area contributed by atoms with Crippen molar-refractivity contribution in [2.75, 3.05) is 0 Å². The molecule has 2 fully saturated rings. The third-order valence-electron chi connectivity index (χ3n) is 2.63. The van der Waals surface area contributed by atoms with Gasteiger partial charge in [-0.2, -0.15) is 10.5 Å². The maximum Gasteiger partial charge on any atom is 0.198 e. The molecule has 2 rings (SSSR count). The summed E-state index contributed by atoms with van der Waals surface area (Å²) in [5, 5.41) is 17.5. The number of hydrogen-bond acceptors (Lipinski definition) is 3. The molecule has 1 aliphatic carbocycles. The first-order chi connectivity index (χ1) is 5.29. The Kier molecular flexibility index (Phi) is 1.06. The molecule has 0 aromatic heterocycles. The van der Waals surface area contributed by atoms with Crippen LogP contribution in [0, 0.1) is 22.7 Å². The predicted molar refractivity (Wildman–Crippen MR) is 36.2 cm³/mol. The molecule has 11 heavy (non-hydrogen) atoms. The number of epoxide rings is 1. The van der Waals surface area contributed by atoms with Crippen molar-refractivity contribution in [2.24, 2.45) is 0 Å². The summed E-state index contributed by atoms with van der Waals surface area (Å²) in [6.45, 7) is 0. The van der Waals surface area contributed by atoms with Crippen LogP contribution < -0.4 is 0 Å². The Balaban J connectivity index is 2.30. The normalized spacial score (nSPS) is 46.7. The lowest BCUT2D eigenvalue weighted by Gasteiger charge is -2.13. The largest absolute Gasteiger partial charge is 0.330 e. The second kappa shape index (κ2) is 1.75. The van der Waals surface area contributed by atoms with Crippen molar-refractivity contribution >= 4 is 0 Å². The summed E-state index contributed by atoms with van der Waals surface area (Å²) in [6, 6.07) is 4.20. The average Bonchev–Trinajstić information content (AvgIpc) is 2.75. The van der Waals surface area contributed by atoms with E-state index in [1.54, 1.807) is 0 Å². The molecule has 0 radical (unpaired) electrons. The van der Waals surface area contributed by atoms with Crippen molar-refractivity contribution in [1.29, 1.82) is 10.5 Å². The number of fused-ring (bicyclic) bond motifs is 1. The highest BCUT2D eigenvalue weighted by Gasteiger charge is 2.72. The molecule has 1 aliphatic heterocycles. The monoisotopic (exact) mass is 148 g/mol. The highest BCUT2D eigenvalue weighted by molar-refractivity contribution is 5.36. The van der Waals surface area contributed by atoms with Crippen molar-refractivity contribution in [3.63, 3.8) is 0 Å². The summed E-state index contributed by atoms with van der Waals surface area (Å²) >= 11 is 0. The predicted octanol–water partition coefficient (Wildman–Crippen LogP) is 1.12. The van der Waals surface area contributed by atoms with E-state index in [4.69, 9.17) is 15.3 Å². The van der Waals surface area contributed by atoms with E-state index in [0.29, 0.717) is 0 Å². The Bertz CT molecular complexity index is 247. The molecule has 0 bridgehead atoms. The quantitative estimate of drug-likeness (QED) is 0.483. The first-order valence-electron chi connectivity index (χ1n) is 3.81. The Morgan fingerprint density at radius 2 is 1.45 bits per heavy atom. The molecular formula is C8H8N2O. The molecule has 1 heterocycles. The Labute approximate surface area is 65.2 Å². The maximum atomic E-state index is 8.76. The van der Waals surface area contributed by atoms with Gasteiger partial charge in [-0.25, -0.2) is 0 Å². The van der Waals surface area contributed by atoms with E-state index >= 15 is 0 Å². The zero-order valence-corrected chi connectivity index (χ0v) is 6.13. The zero-order valence-electron chi connectivity index (χ0n) is 6.13. The van der Waals surface area contributed by atoms with Crippen LogP contribution in [-0.4, -0.2) is 11.2 Å². The van der Waals surface area contributed by atoms with Crippen LogP contribution in [0.5, 0.6) is 0 Å². The molecule has 2 unspecified atom stereocenters. The summed E-state index contributed by atoms with van der Waals surface area (Å²) in [5.74, 6) is 0. The zero-order chi connectivity index (χ0) is 7.95. The van der Waals surface area contributed by atoms with Crippen LogP contribution in [0.4, 0.5) is 0 Å². The fourth-order valence-corrected chi connectivity index (χ4v) is 1.86. The van der Waals surface area contributed by atoms with Gasteiger partial charge in [0.05, 0.1) is 0 Å². The standard InChI is InChI=1S/C8H8N2O/c9-5-7-3-1-2-4-8(7,6-10)11-7/h1-4H2. The van der Waals surface area contributed by atoms with Crippen LogP contribution in [0.15, 0.2) is 0 Å². The number of nitriles is 2. The lowest BCUT2D eigenvalue weighted by atomic mass is 9.81. The molecule has 0 aromatic rings. The summed E-state index contributed by atoms with van der Waals surface area (Å²) in [4.78, 5) is 0. The number of hydrogen-bond donors (Lipinski definition) is 0. The average molecular weight is 148 g/mol. The van der Waals surface area contributed by atoms with Crippen molar-refractivity contribution in [3.05, 3.63) is 0 Å². The van der Waals surface area contributed by atoms with Crippen molar-refractivity contribution in [1.82, 2.24) is 0 Å². The highest BCUT2D eigenvalue weighted by Crippen LogP contribution is 2.56. The van der Waals surface area contributed by atoms with Crippen LogP contribution in [0.3, 0.4) is 0 Å². The molecule has 1 saturated heterocycles. The Morgan fingerprint density at radius 1 is 1.00 bits per heavy atom. The highest BCUT2D eigenvalue weighted by atomic mass is 16.6. The Hall–Kier alpha value is -1.06. The maximum absolute atomic E-state index is 8.76. The molecule has 0 aromatic carbocycles. The molecule has 0 amide bonds. The van der Waals surface area contributed by atoms with E-state index in [0.717, 1.165) is 25.7 Å². The van der Waals surface area contributed by atoms with E-state index in [9.17, 15) is 0 Å². The lowest BCUT2D eigenvalue weighted by molar-refractivity contribution is 0.313. The van der Waals surface area contributed by atoms with E-state index in [-0.39, 0.29) is 0 Å². The third-order valence-corrected chi connectivity index (χ3v) is 2.63. The summed E-state index contributed by atoms with van der Waals surface area (Å²) in [7, 11) is 0. The molecule has 3 nitrogen and oxygen atoms in total. The smallest absolute Gasteiger partial charge is 0.198 e. The Morgan fingerprint density at radius 3 is 1.82 bits per heavy atom. The van der Waals surface area contributed by atoms with Gasteiger partial charge in [0.2, 0.25) is 0 Å². The minimum absolute atomic E-state index is 0.722. The van der Waals surface area contributed by atoms with E-state index in [2.05, 4.69) is 12.1 Å².